The maximum absolute atomic E-state index is 8.95. The van der Waals surface area contributed by atoms with Crippen LogP contribution in [0.15, 0.2) is 0 Å². The predicted molar refractivity (Wildman–Crippen MR) is 41.9 cm³/mol. The summed E-state index contributed by atoms with van der Waals surface area (Å²) in [5, 5.41) is 12.3. The number of hydrogen-bond donors (Lipinski definition) is 2. The molecule has 10 heavy (non-hydrogen) atoms. The van der Waals surface area contributed by atoms with Crippen molar-refractivity contribution in [2.45, 2.75) is 44.8 Å². The zero-order valence-electron chi connectivity index (χ0n) is 6.64. The first-order valence-electron chi connectivity index (χ1n) is 4.20. The van der Waals surface area contributed by atoms with Crippen molar-refractivity contribution in [3.63, 3.8) is 0 Å². The lowest BCUT2D eigenvalue weighted by Gasteiger charge is -2.12. The smallest absolute Gasteiger partial charge is 0.0636 e. The van der Waals surface area contributed by atoms with E-state index >= 15 is 0 Å². The van der Waals surface area contributed by atoms with Crippen LogP contribution in [0.25, 0.3) is 0 Å². The Balaban J connectivity index is 2.01. The first kappa shape index (κ1) is 8.02. The highest BCUT2D eigenvalue weighted by Crippen LogP contribution is 2.17. The van der Waals surface area contributed by atoms with Gasteiger partial charge in [-0.1, -0.05) is 12.8 Å². The van der Waals surface area contributed by atoms with E-state index in [1.54, 1.807) is 0 Å². The summed E-state index contributed by atoms with van der Waals surface area (Å²) in [5.41, 5.74) is 0. The third-order valence-corrected chi connectivity index (χ3v) is 2.06. The van der Waals surface area contributed by atoms with Gasteiger partial charge in [-0.2, -0.15) is 0 Å². The van der Waals surface area contributed by atoms with Crippen LogP contribution in [0.5, 0.6) is 0 Å². The van der Waals surface area contributed by atoms with Gasteiger partial charge in [0.25, 0.3) is 0 Å². The molecule has 0 aromatic heterocycles. The standard InChI is InChI=1S/C8H17NO/c1-7(10)6-9-8-4-2-3-5-8/h7-10H,2-6H2,1H3/t7-/m0/s1. The fourth-order valence-electron chi connectivity index (χ4n) is 1.47. The second-order valence-electron chi connectivity index (χ2n) is 3.24. The normalized spacial score (nSPS) is 23.4. The van der Waals surface area contributed by atoms with Gasteiger partial charge < -0.3 is 10.4 Å². The maximum Gasteiger partial charge on any atom is 0.0636 e. The van der Waals surface area contributed by atoms with Crippen LogP contribution in [0.4, 0.5) is 0 Å². The zero-order chi connectivity index (χ0) is 7.40. The minimum atomic E-state index is -0.194. The SMILES string of the molecule is C[C@H](O)CNC1CCCC1. The van der Waals surface area contributed by atoms with Gasteiger partial charge in [0.05, 0.1) is 6.10 Å². The lowest BCUT2D eigenvalue weighted by atomic mass is 10.2. The first-order valence-corrected chi connectivity index (χ1v) is 4.20. The largest absolute Gasteiger partial charge is 0.392 e. The van der Waals surface area contributed by atoms with Crippen LogP contribution in [-0.4, -0.2) is 23.8 Å². The summed E-state index contributed by atoms with van der Waals surface area (Å²) >= 11 is 0. The quantitative estimate of drug-likeness (QED) is 0.615. The molecule has 1 aliphatic carbocycles. The van der Waals surface area contributed by atoms with Crippen molar-refractivity contribution in [2.75, 3.05) is 6.54 Å². The van der Waals surface area contributed by atoms with Crippen molar-refractivity contribution in [1.29, 1.82) is 0 Å². The molecule has 60 valence electrons. The van der Waals surface area contributed by atoms with Crippen molar-refractivity contribution in [1.82, 2.24) is 5.32 Å². The molecule has 1 fully saturated rings. The van der Waals surface area contributed by atoms with Crippen molar-refractivity contribution in [2.24, 2.45) is 0 Å². The summed E-state index contributed by atoms with van der Waals surface area (Å²) < 4.78 is 0. The molecule has 0 saturated heterocycles. The van der Waals surface area contributed by atoms with Gasteiger partial charge in [-0.25, -0.2) is 0 Å². The summed E-state index contributed by atoms with van der Waals surface area (Å²) in [7, 11) is 0. The minimum Gasteiger partial charge on any atom is -0.392 e. The second kappa shape index (κ2) is 3.94. The number of aliphatic hydroxyl groups is 1. The van der Waals surface area contributed by atoms with Crippen LogP contribution in [0.2, 0.25) is 0 Å². The summed E-state index contributed by atoms with van der Waals surface area (Å²) in [5.74, 6) is 0. The summed E-state index contributed by atoms with van der Waals surface area (Å²) in [6, 6.07) is 0.689. The molecule has 0 aliphatic heterocycles. The van der Waals surface area contributed by atoms with E-state index in [9.17, 15) is 0 Å². The van der Waals surface area contributed by atoms with Gasteiger partial charge in [-0.3, -0.25) is 0 Å². The van der Waals surface area contributed by atoms with Gasteiger partial charge in [0.15, 0.2) is 0 Å². The second-order valence-corrected chi connectivity index (χ2v) is 3.24. The molecule has 2 nitrogen and oxygen atoms in total. The molecule has 0 unspecified atom stereocenters. The van der Waals surface area contributed by atoms with Crippen LogP contribution in [0.1, 0.15) is 32.6 Å². The van der Waals surface area contributed by atoms with E-state index in [4.69, 9.17) is 5.11 Å². The summed E-state index contributed by atoms with van der Waals surface area (Å²) in [6.45, 7) is 2.58. The molecule has 0 amide bonds. The molecule has 1 rings (SSSR count). The number of hydrogen-bond acceptors (Lipinski definition) is 2. The zero-order valence-corrected chi connectivity index (χ0v) is 6.64. The van der Waals surface area contributed by atoms with Crippen LogP contribution < -0.4 is 5.32 Å². The Kier molecular flexibility index (Phi) is 3.16. The Labute approximate surface area is 62.6 Å². The van der Waals surface area contributed by atoms with Crippen molar-refractivity contribution in [3.05, 3.63) is 0 Å². The number of rotatable bonds is 3. The van der Waals surface area contributed by atoms with Crippen LogP contribution in [-0.2, 0) is 0 Å². The predicted octanol–water partition coefficient (Wildman–Crippen LogP) is 0.899. The molecule has 2 heteroatoms. The van der Waals surface area contributed by atoms with E-state index in [1.165, 1.54) is 25.7 Å². The van der Waals surface area contributed by atoms with E-state index in [-0.39, 0.29) is 6.10 Å². The van der Waals surface area contributed by atoms with Crippen molar-refractivity contribution >= 4 is 0 Å². The molecule has 0 spiro atoms. The Morgan fingerprint density at radius 1 is 1.50 bits per heavy atom. The van der Waals surface area contributed by atoms with E-state index in [1.807, 2.05) is 6.92 Å². The van der Waals surface area contributed by atoms with Crippen molar-refractivity contribution < 1.29 is 5.11 Å². The third kappa shape index (κ3) is 2.67. The highest BCUT2D eigenvalue weighted by Gasteiger charge is 2.13. The Morgan fingerprint density at radius 2 is 2.10 bits per heavy atom. The lowest BCUT2D eigenvalue weighted by molar-refractivity contribution is 0.186. The van der Waals surface area contributed by atoms with E-state index in [0.29, 0.717) is 6.04 Å². The average Bonchev–Trinajstić information content (AvgIpc) is 2.34. The molecular formula is C8H17NO. The molecule has 0 bridgehead atoms. The van der Waals surface area contributed by atoms with Gasteiger partial charge in [0.2, 0.25) is 0 Å². The Hall–Kier alpha value is -0.0800. The number of aliphatic hydroxyl groups excluding tert-OH is 1. The molecule has 0 aromatic rings. The van der Waals surface area contributed by atoms with E-state index < -0.39 is 0 Å². The van der Waals surface area contributed by atoms with Gasteiger partial charge >= 0.3 is 0 Å². The Morgan fingerprint density at radius 3 is 2.60 bits per heavy atom. The molecule has 0 aromatic carbocycles. The van der Waals surface area contributed by atoms with Crippen LogP contribution in [0, 0.1) is 0 Å². The molecule has 0 radical (unpaired) electrons. The van der Waals surface area contributed by atoms with Crippen molar-refractivity contribution in [3.8, 4) is 0 Å². The molecule has 1 atom stereocenters. The fourth-order valence-corrected chi connectivity index (χ4v) is 1.47. The van der Waals surface area contributed by atoms with E-state index in [0.717, 1.165) is 6.54 Å². The molecular weight excluding hydrogens is 126 g/mol. The highest BCUT2D eigenvalue weighted by atomic mass is 16.3. The van der Waals surface area contributed by atoms with Gasteiger partial charge in [-0.15, -0.1) is 0 Å². The maximum atomic E-state index is 8.95. The molecule has 1 aliphatic rings. The molecule has 2 N–H and O–H groups in total. The molecule has 0 heterocycles. The van der Waals surface area contributed by atoms with Gasteiger partial charge in [0.1, 0.15) is 0 Å². The minimum absolute atomic E-state index is 0.194. The van der Waals surface area contributed by atoms with Crippen LogP contribution >= 0.6 is 0 Å². The fraction of sp³-hybridized carbons (Fsp3) is 1.00. The molecule has 1 saturated carbocycles. The van der Waals surface area contributed by atoms with E-state index in [2.05, 4.69) is 5.32 Å². The highest BCUT2D eigenvalue weighted by molar-refractivity contribution is 4.73. The average molecular weight is 143 g/mol. The topological polar surface area (TPSA) is 32.3 Å². The number of nitrogens with one attached hydrogen (secondary N) is 1. The lowest BCUT2D eigenvalue weighted by Crippen LogP contribution is -2.32. The monoisotopic (exact) mass is 143 g/mol. The summed E-state index contributed by atoms with van der Waals surface area (Å²) in [4.78, 5) is 0. The van der Waals surface area contributed by atoms with Gasteiger partial charge in [-0.05, 0) is 19.8 Å². The Bertz CT molecular complexity index is 87.3. The summed E-state index contributed by atoms with van der Waals surface area (Å²) in [6.07, 6.45) is 5.12. The third-order valence-electron chi connectivity index (χ3n) is 2.06. The van der Waals surface area contributed by atoms with Gasteiger partial charge in [0, 0.05) is 12.6 Å². The van der Waals surface area contributed by atoms with Crippen LogP contribution in [0.3, 0.4) is 0 Å². The first-order chi connectivity index (χ1) is 4.79.